The molecule has 0 aliphatic carbocycles. The number of rotatable bonds is 4. The molecular weight excluding hydrogens is 270 g/mol. The molecule has 7 heteroatoms. The lowest BCUT2D eigenvalue weighted by atomic mass is 10.3. The summed E-state index contributed by atoms with van der Waals surface area (Å²) in [5, 5.41) is 5.14. The van der Waals surface area contributed by atoms with Crippen LogP contribution in [-0.4, -0.2) is 19.7 Å². The number of sulfone groups is 1. The Balaban J connectivity index is 2.05. The largest absolute Gasteiger partial charge is 0.398 e. The van der Waals surface area contributed by atoms with Crippen molar-refractivity contribution in [1.29, 1.82) is 0 Å². The number of nitrogens with two attached hydrogens (primary N) is 1. The van der Waals surface area contributed by atoms with Crippen LogP contribution in [0.15, 0.2) is 34.8 Å². The highest BCUT2D eigenvalue weighted by Gasteiger charge is 2.08. The molecule has 0 atom stereocenters. The Labute approximate surface area is 110 Å². The van der Waals surface area contributed by atoms with Crippen LogP contribution in [0.25, 0.3) is 0 Å². The minimum absolute atomic E-state index is 0.0729. The first-order valence-corrected chi connectivity index (χ1v) is 7.96. The van der Waals surface area contributed by atoms with Crippen LogP contribution in [-0.2, 0) is 16.4 Å². The lowest BCUT2D eigenvalue weighted by Crippen LogP contribution is -2.03. The summed E-state index contributed by atoms with van der Waals surface area (Å²) >= 11 is 1.57. The topological polar surface area (TPSA) is 85.1 Å². The van der Waals surface area contributed by atoms with E-state index in [9.17, 15) is 8.42 Å². The van der Waals surface area contributed by atoms with Gasteiger partial charge in [0.25, 0.3) is 0 Å². The maximum Gasteiger partial charge on any atom is 0.192 e. The minimum atomic E-state index is -3.24. The zero-order valence-electron chi connectivity index (χ0n) is 9.75. The molecule has 0 aliphatic rings. The third-order valence-corrected chi connectivity index (χ3v) is 4.29. The molecule has 0 saturated heterocycles. The summed E-state index contributed by atoms with van der Waals surface area (Å²) < 4.78 is 22.5. The van der Waals surface area contributed by atoms with Crippen LogP contribution < -0.4 is 11.1 Å². The highest BCUT2D eigenvalue weighted by molar-refractivity contribution is 7.90. The highest BCUT2D eigenvalue weighted by Crippen LogP contribution is 2.20. The van der Waals surface area contributed by atoms with Gasteiger partial charge in [0.05, 0.1) is 18.4 Å². The summed E-state index contributed by atoms with van der Waals surface area (Å²) in [4.78, 5) is 4.94. The first-order valence-electron chi connectivity index (χ1n) is 5.18. The summed E-state index contributed by atoms with van der Waals surface area (Å²) in [6.07, 6.45) is 2.63. The molecule has 0 spiro atoms. The van der Waals surface area contributed by atoms with Crippen molar-refractivity contribution in [2.24, 2.45) is 0 Å². The molecule has 96 valence electrons. The zero-order chi connectivity index (χ0) is 13.2. The van der Waals surface area contributed by atoms with Gasteiger partial charge >= 0.3 is 0 Å². The number of nitrogens with one attached hydrogen (secondary N) is 1. The average molecular weight is 283 g/mol. The van der Waals surface area contributed by atoms with E-state index in [4.69, 9.17) is 5.73 Å². The summed E-state index contributed by atoms with van der Waals surface area (Å²) in [5.41, 5.74) is 7.28. The second-order valence-corrected chi connectivity index (χ2v) is 6.77. The van der Waals surface area contributed by atoms with E-state index < -0.39 is 9.84 Å². The predicted molar refractivity (Wildman–Crippen MR) is 73.4 cm³/mol. The zero-order valence-corrected chi connectivity index (χ0v) is 11.4. The summed E-state index contributed by atoms with van der Waals surface area (Å²) in [5.74, 6) is 0. The highest BCUT2D eigenvalue weighted by atomic mass is 32.2. The number of hydrogen-bond acceptors (Lipinski definition) is 6. The summed E-state index contributed by atoms with van der Waals surface area (Å²) in [6, 6.07) is 5.02. The number of hydrogen-bond donors (Lipinski definition) is 2. The van der Waals surface area contributed by atoms with Crippen LogP contribution in [0.1, 0.15) is 4.88 Å². The summed E-state index contributed by atoms with van der Waals surface area (Å²) in [6.45, 7) is 0.601. The van der Waals surface area contributed by atoms with Crippen molar-refractivity contribution in [3.05, 3.63) is 34.7 Å². The molecule has 0 bridgehead atoms. The minimum Gasteiger partial charge on any atom is -0.398 e. The molecule has 0 saturated carbocycles. The third kappa shape index (κ3) is 2.99. The van der Waals surface area contributed by atoms with E-state index in [2.05, 4.69) is 10.3 Å². The van der Waals surface area contributed by atoms with Crippen molar-refractivity contribution in [2.45, 2.75) is 11.6 Å². The Morgan fingerprint density at radius 2 is 2.17 bits per heavy atom. The smallest absolute Gasteiger partial charge is 0.192 e. The Bertz CT molecular complexity index is 633. The van der Waals surface area contributed by atoms with Crippen molar-refractivity contribution in [3.63, 3.8) is 0 Å². The van der Waals surface area contributed by atoms with E-state index >= 15 is 0 Å². The van der Waals surface area contributed by atoms with Crippen LogP contribution >= 0.6 is 11.3 Å². The molecule has 0 aromatic carbocycles. The number of pyridine rings is 1. The predicted octanol–water partition coefficient (Wildman–Crippen LogP) is 1.74. The number of nitrogen functional groups attached to an aromatic ring is 1. The van der Waals surface area contributed by atoms with Crippen LogP contribution in [0.3, 0.4) is 0 Å². The van der Waals surface area contributed by atoms with Gasteiger partial charge in [-0.05, 0) is 23.6 Å². The molecular formula is C11H13N3O2S2. The SMILES string of the molecule is CS(=O)(=O)c1ccc(NCc2sccc2N)cn1. The Morgan fingerprint density at radius 3 is 2.67 bits per heavy atom. The average Bonchev–Trinajstić information content (AvgIpc) is 2.72. The number of aromatic nitrogens is 1. The van der Waals surface area contributed by atoms with Crippen LogP contribution in [0.4, 0.5) is 11.4 Å². The van der Waals surface area contributed by atoms with E-state index in [-0.39, 0.29) is 5.03 Å². The van der Waals surface area contributed by atoms with Crippen LogP contribution in [0.2, 0.25) is 0 Å². The number of thiophene rings is 1. The van der Waals surface area contributed by atoms with Crippen LogP contribution in [0, 0.1) is 0 Å². The monoisotopic (exact) mass is 283 g/mol. The fraction of sp³-hybridized carbons (Fsp3) is 0.182. The third-order valence-electron chi connectivity index (χ3n) is 2.35. The molecule has 0 fully saturated rings. The van der Waals surface area contributed by atoms with Crippen LogP contribution in [0.5, 0.6) is 0 Å². The van der Waals surface area contributed by atoms with E-state index in [1.807, 2.05) is 11.4 Å². The first-order chi connectivity index (χ1) is 8.47. The van der Waals surface area contributed by atoms with Gasteiger partial charge in [0, 0.05) is 16.8 Å². The van der Waals surface area contributed by atoms with Gasteiger partial charge in [0.2, 0.25) is 0 Å². The van der Waals surface area contributed by atoms with Crippen molar-refractivity contribution >= 4 is 32.5 Å². The van der Waals surface area contributed by atoms with Gasteiger partial charge in [-0.25, -0.2) is 13.4 Å². The normalized spacial score (nSPS) is 11.4. The van der Waals surface area contributed by atoms with Crippen molar-refractivity contribution < 1.29 is 8.42 Å². The van der Waals surface area contributed by atoms with Crippen molar-refractivity contribution in [3.8, 4) is 0 Å². The molecule has 3 N–H and O–H groups in total. The van der Waals surface area contributed by atoms with Gasteiger partial charge in [-0.2, -0.15) is 0 Å². The fourth-order valence-corrected chi connectivity index (χ4v) is 2.68. The van der Waals surface area contributed by atoms with E-state index in [1.165, 1.54) is 12.3 Å². The Kier molecular flexibility index (Phi) is 3.53. The van der Waals surface area contributed by atoms with Gasteiger partial charge in [-0.15, -0.1) is 11.3 Å². The Hall–Kier alpha value is -1.60. The van der Waals surface area contributed by atoms with Crippen molar-refractivity contribution in [2.75, 3.05) is 17.3 Å². The molecule has 0 radical (unpaired) electrons. The quantitative estimate of drug-likeness (QED) is 0.892. The Morgan fingerprint density at radius 1 is 1.39 bits per heavy atom. The second-order valence-electron chi connectivity index (χ2n) is 3.81. The van der Waals surface area contributed by atoms with Gasteiger partial charge < -0.3 is 11.1 Å². The standard InChI is InChI=1S/C11H13N3O2S2/c1-18(15,16)11-3-2-8(6-14-11)13-7-10-9(12)4-5-17-10/h2-6,13H,7,12H2,1H3. The maximum atomic E-state index is 11.2. The number of nitrogens with zero attached hydrogens (tertiary/aromatic N) is 1. The van der Waals surface area contributed by atoms with E-state index in [1.54, 1.807) is 17.4 Å². The van der Waals surface area contributed by atoms with Gasteiger partial charge in [0.1, 0.15) is 0 Å². The maximum absolute atomic E-state index is 11.2. The number of anilines is 2. The first kappa shape index (κ1) is 12.8. The molecule has 0 aliphatic heterocycles. The summed E-state index contributed by atoms with van der Waals surface area (Å²) in [7, 11) is -3.24. The van der Waals surface area contributed by atoms with Gasteiger partial charge in [-0.3, -0.25) is 0 Å². The lowest BCUT2D eigenvalue weighted by Gasteiger charge is -2.05. The molecule has 2 rings (SSSR count). The molecule has 2 aromatic rings. The van der Waals surface area contributed by atoms with E-state index in [0.717, 1.165) is 22.5 Å². The second kappa shape index (κ2) is 4.95. The molecule has 2 heterocycles. The van der Waals surface area contributed by atoms with E-state index in [0.29, 0.717) is 6.54 Å². The molecule has 0 amide bonds. The van der Waals surface area contributed by atoms with Crippen molar-refractivity contribution in [1.82, 2.24) is 4.98 Å². The fourth-order valence-electron chi connectivity index (χ4n) is 1.38. The molecule has 5 nitrogen and oxygen atoms in total. The molecule has 0 unspecified atom stereocenters. The van der Waals surface area contributed by atoms with Gasteiger partial charge in [-0.1, -0.05) is 0 Å². The lowest BCUT2D eigenvalue weighted by molar-refractivity contribution is 0.598. The molecule has 2 aromatic heterocycles. The van der Waals surface area contributed by atoms with Gasteiger partial charge in [0.15, 0.2) is 14.9 Å². The molecule has 18 heavy (non-hydrogen) atoms.